The van der Waals surface area contributed by atoms with Gasteiger partial charge in [-0.05, 0) is 44.9 Å². The van der Waals surface area contributed by atoms with Crippen LogP contribution in [-0.2, 0) is 32.7 Å². The van der Waals surface area contributed by atoms with Crippen LogP contribution in [-0.4, -0.2) is 74.9 Å². The van der Waals surface area contributed by atoms with E-state index >= 15 is 0 Å². The van der Waals surface area contributed by atoms with Gasteiger partial charge in [0, 0.05) is 12.8 Å². The highest BCUT2D eigenvalue weighted by Crippen LogP contribution is 2.43. The van der Waals surface area contributed by atoms with Crippen molar-refractivity contribution >= 4 is 19.8 Å². The number of nitrogens with zero attached hydrogens (tertiary/aromatic N) is 1. The number of quaternary nitrogens is 1. The van der Waals surface area contributed by atoms with Crippen LogP contribution < -0.4 is 0 Å². The van der Waals surface area contributed by atoms with E-state index in [0.717, 1.165) is 38.5 Å². The molecule has 0 radical (unpaired) electrons. The van der Waals surface area contributed by atoms with E-state index in [9.17, 15) is 19.0 Å². The van der Waals surface area contributed by atoms with E-state index in [1.54, 1.807) is 0 Å². The summed E-state index contributed by atoms with van der Waals surface area (Å²) in [7, 11) is 1.50. The highest BCUT2D eigenvalue weighted by Gasteiger charge is 2.27. The van der Waals surface area contributed by atoms with Gasteiger partial charge < -0.3 is 18.9 Å². The minimum atomic E-state index is -4.39. The Morgan fingerprint density at radius 1 is 0.369 bits per heavy atom. The number of phosphoric acid groups is 1. The first-order valence-corrected chi connectivity index (χ1v) is 38.6. The zero-order valence-corrected chi connectivity index (χ0v) is 57.8. The van der Waals surface area contributed by atoms with Crippen LogP contribution in [0.5, 0.6) is 0 Å². The van der Waals surface area contributed by atoms with Crippen molar-refractivity contribution in [2.24, 2.45) is 0 Å². The molecule has 0 amide bonds. The third kappa shape index (κ3) is 69.6. The number of ether oxygens (including phenoxy) is 2. The molecule has 0 aliphatic carbocycles. The molecule has 9 nitrogen and oxygen atoms in total. The Morgan fingerprint density at radius 2 is 0.643 bits per heavy atom. The SMILES string of the molecule is CCCCCCC/C=C\C/C=C\CCCCCCCCCCCCCCCCCC(=O)OC(COC(=O)CCCCCCCCCCCCCCCCCCCCCCCCCCCCCCCCCCC)COP(=O)(O)OCC[N+](C)(C)C. The second kappa shape index (κ2) is 65.9. The number of esters is 2. The molecule has 0 aromatic rings. The third-order valence-corrected chi connectivity index (χ3v) is 18.0. The van der Waals surface area contributed by atoms with Gasteiger partial charge in [-0.1, -0.05) is 353 Å². The molecule has 0 fully saturated rings. The van der Waals surface area contributed by atoms with Gasteiger partial charge in [0.2, 0.25) is 0 Å². The van der Waals surface area contributed by atoms with Gasteiger partial charge in [-0.25, -0.2) is 4.57 Å². The van der Waals surface area contributed by atoms with Gasteiger partial charge in [0.25, 0.3) is 0 Å². The second-order valence-electron chi connectivity index (χ2n) is 26.7. The zero-order valence-electron chi connectivity index (χ0n) is 56.9. The Morgan fingerprint density at radius 3 is 0.940 bits per heavy atom. The van der Waals surface area contributed by atoms with Gasteiger partial charge in [-0.2, -0.15) is 0 Å². The van der Waals surface area contributed by atoms with Gasteiger partial charge in [0.05, 0.1) is 27.7 Å². The van der Waals surface area contributed by atoms with Crippen molar-refractivity contribution in [1.82, 2.24) is 0 Å². The van der Waals surface area contributed by atoms with E-state index in [1.807, 2.05) is 21.1 Å². The zero-order chi connectivity index (χ0) is 61.2. The molecule has 1 N–H and O–H groups in total. The molecule has 0 saturated carbocycles. The largest absolute Gasteiger partial charge is 0.472 e. The minimum Gasteiger partial charge on any atom is -0.462 e. The molecular weight excluding hydrogens is 1060 g/mol. The molecule has 0 aromatic carbocycles. The fourth-order valence-electron chi connectivity index (χ4n) is 11.3. The van der Waals surface area contributed by atoms with Gasteiger partial charge in [0.15, 0.2) is 6.10 Å². The van der Waals surface area contributed by atoms with Gasteiger partial charge >= 0.3 is 19.8 Å². The number of carbonyl (C=O) groups is 2. The number of likely N-dealkylation sites (N-methyl/N-ethyl adjacent to an activating group) is 1. The lowest BCUT2D eigenvalue weighted by molar-refractivity contribution is -0.870. The Bertz CT molecular complexity index is 1460. The van der Waals surface area contributed by atoms with E-state index in [-0.39, 0.29) is 25.6 Å². The first-order valence-electron chi connectivity index (χ1n) is 37.1. The Balaban J connectivity index is 3.94. The smallest absolute Gasteiger partial charge is 0.462 e. The van der Waals surface area contributed by atoms with Crippen LogP contribution in [0.3, 0.4) is 0 Å². The van der Waals surface area contributed by atoms with Crippen LogP contribution in [0, 0.1) is 0 Å². The van der Waals surface area contributed by atoms with E-state index in [2.05, 4.69) is 38.2 Å². The Hall–Kier alpha value is -1.51. The summed E-state index contributed by atoms with van der Waals surface area (Å²) in [6, 6.07) is 0. The Kier molecular flexibility index (Phi) is 64.7. The van der Waals surface area contributed by atoms with E-state index in [0.29, 0.717) is 23.9 Å². The molecule has 84 heavy (non-hydrogen) atoms. The van der Waals surface area contributed by atoms with E-state index in [4.69, 9.17) is 18.5 Å². The summed E-state index contributed by atoms with van der Waals surface area (Å²) in [6.07, 6.45) is 83.1. The lowest BCUT2D eigenvalue weighted by Gasteiger charge is -2.24. The van der Waals surface area contributed by atoms with Crippen LogP contribution in [0.1, 0.15) is 386 Å². The molecule has 0 aliphatic rings. The number of rotatable bonds is 70. The lowest BCUT2D eigenvalue weighted by Crippen LogP contribution is -2.37. The molecule has 10 heteroatoms. The van der Waals surface area contributed by atoms with Crippen molar-refractivity contribution < 1.29 is 42.1 Å². The van der Waals surface area contributed by atoms with Crippen molar-refractivity contribution in [2.75, 3.05) is 47.5 Å². The average molecular weight is 1210 g/mol. The summed E-state index contributed by atoms with van der Waals surface area (Å²) < 4.78 is 34.8. The first-order chi connectivity index (χ1) is 41.0. The average Bonchev–Trinajstić information content (AvgIpc) is 3.61. The lowest BCUT2D eigenvalue weighted by atomic mass is 10.0. The van der Waals surface area contributed by atoms with Gasteiger partial charge in [0.1, 0.15) is 19.8 Å². The molecule has 0 spiro atoms. The Labute approximate surface area is 523 Å². The fraction of sp³-hybridized carbons (Fsp3) is 0.919. The predicted molar refractivity (Wildman–Crippen MR) is 363 cm³/mol. The third-order valence-electron chi connectivity index (χ3n) is 17.0. The number of carbonyl (C=O) groups excluding carboxylic acids is 2. The fourth-order valence-corrected chi connectivity index (χ4v) is 12.0. The summed E-state index contributed by atoms with van der Waals surface area (Å²) in [5.41, 5.74) is 0. The van der Waals surface area contributed by atoms with Crippen LogP contribution in [0.2, 0.25) is 0 Å². The summed E-state index contributed by atoms with van der Waals surface area (Å²) in [5.74, 6) is -0.773. The normalized spacial score (nSPS) is 13.2. The highest BCUT2D eigenvalue weighted by atomic mass is 31.2. The number of hydrogen-bond acceptors (Lipinski definition) is 7. The van der Waals surface area contributed by atoms with Gasteiger partial charge in [-0.15, -0.1) is 0 Å². The van der Waals surface area contributed by atoms with Crippen LogP contribution in [0.4, 0.5) is 0 Å². The molecule has 498 valence electrons. The van der Waals surface area contributed by atoms with Crippen molar-refractivity contribution in [3.05, 3.63) is 24.3 Å². The topological polar surface area (TPSA) is 108 Å². The van der Waals surface area contributed by atoms with Crippen LogP contribution in [0.15, 0.2) is 24.3 Å². The van der Waals surface area contributed by atoms with E-state index in [1.165, 1.54) is 315 Å². The van der Waals surface area contributed by atoms with Crippen molar-refractivity contribution in [3.8, 4) is 0 Å². The van der Waals surface area contributed by atoms with Crippen molar-refractivity contribution in [3.63, 3.8) is 0 Å². The highest BCUT2D eigenvalue weighted by molar-refractivity contribution is 7.47. The van der Waals surface area contributed by atoms with Gasteiger partial charge in [-0.3, -0.25) is 18.6 Å². The molecule has 0 rings (SSSR count). The second-order valence-corrected chi connectivity index (χ2v) is 28.1. The molecule has 0 heterocycles. The summed E-state index contributed by atoms with van der Waals surface area (Å²) >= 11 is 0. The van der Waals surface area contributed by atoms with Crippen LogP contribution in [0.25, 0.3) is 0 Å². The number of allylic oxidation sites excluding steroid dienone is 4. The molecule has 0 aliphatic heterocycles. The molecule has 0 aromatic heterocycles. The monoisotopic (exact) mass is 1210 g/mol. The summed E-state index contributed by atoms with van der Waals surface area (Å²) in [5, 5.41) is 0. The quantitative estimate of drug-likeness (QED) is 0.0211. The predicted octanol–water partition coefficient (Wildman–Crippen LogP) is 24.1. The molecular formula is C74H145NO8P+. The maximum atomic E-state index is 12.9. The molecule has 2 unspecified atom stereocenters. The number of unbranched alkanes of at least 4 members (excludes halogenated alkanes) is 52. The summed E-state index contributed by atoms with van der Waals surface area (Å²) in [4.78, 5) is 35.9. The van der Waals surface area contributed by atoms with E-state index < -0.39 is 26.5 Å². The first kappa shape index (κ1) is 82.5. The summed E-state index contributed by atoms with van der Waals surface area (Å²) in [6.45, 7) is 4.51. The maximum absolute atomic E-state index is 12.9. The van der Waals surface area contributed by atoms with Crippen molar-refractivity contribution in [2.45, 2.75) is 392 Å². The van der Waals surface area contributed by atoms with Crippen LogP contribution >= 0.6 is 7.82 Å². The number of phosphoric ester groups is 1. The minimum absolute atomic E-state index is 0.0352. The molecule has 0 bridgehead atoms. The number of hydrogen-bond donors (Lipinski definition) is 1. The standard InChI is InChI=1S/C74H144NO8P/c1-6-8-10-12-14-16-18-20-22-24-26-28-30-32-34-35-36-37-38-39-41-42-44-46-48-50-52-54-56-58-60-62-64-66-73(76)80-70-72(71-82-84(78,79)81-69-68-75(3,4)5)83-74(77)67-65-63-61-59-57-55-53-51-49-47-45-43-40-33-31-29-27-25-23-21-19-17-15-13-11-9-7-2/h19,21,25,27,72H,6-18,20,22-24,26,28-71H2,1-5H3/p+1/b21-19-,27-25-. The molecule has 2 atom stereocenters. The maximum Gasteiger partial charge on any atom is 0.472 e. The molecule has 0 saturated heterocycles. The van der Waals surface area contributed by atoms with Crippen molar-refractivity contribution in [1.29, 1.82) is 0 Å².